The second-order valence-electron chi connectivity index (χ2n) is 3.60. The quantitative estimate of drug-likeness (QED) is 0.851. The van der Waals surface area contributed by atoms with Crippen molar-refractivity contribution in [3.8, 4) is 0 Å². The number of nitrogens with zero attached hydrogens (tertiary/aromatic N) is 1. The van der Waals surface area contributed by atoms with Gasteiger partial charge in [0, 0.05) is 9.72 Å². The third kappa shape index (κ3) is 1.74. The van der Waals surface area contributed by atoms with Gasteiger partial charge in [-0.2, -0.15) is 0 Å². The van der Waals surface area contributed by atoms with Crippen molar-refractivity contribution in [1.29, 1.82) is 0 Å². The Morgan fingerprint density at radius 1 is 1.47 bits per heavy atom. The molecule has 1 saturated carbocycles. The Morgan fingerprint density at radius 3 is 3.00 bits per heavy atom. The van der Waals surface area contributed by atoms with Gasteiger partial charge in [-0.05, 0) is 43.0 Å². The molecule has 78 valence electrons. The summed E-state index contributed by atoms with van der Waals surface area (Å²) in [5, 5.41) is 1.25. The van der Waals surface area contributed by atoms with Gasteiger partial charge in [0.05, 0.1) is 5.39 Å². The largest absolute Gasteiger partial charge is 0.366 e. The molecular formula is C10H8BrNO2S. The molecule has 5 heteroatoms. The van der Waals surface area contributed by atoms with Gasteiger partial charge in [0.1, 0.15) is 5.52 Å². The molecule has 0 amide bonds. The van der Waals surface area contributed by atoms with Crippen molar-refractivity contribution in [1.82, 2.24) is 4.15 Å². The maximum Gasteiger partial charge on any atom is 0.366 e. The summed E-state index contributed by atoms with van der Waals surface area (Å²) in [7, 11) is 0. The number of benzene rings is 1. The molecule has 1 aliphatic carbocycles. The van der Waals surface area contributed by atoms with Crippen molar-refractivity contribution in [3.63, 3.8) is 0 Å². The van der Waals surface area contributed by atoms with Crippen LogP contribution in [0.5, 0.6) is 0 Å². The monoisotopic (exact) mass is 285 g/mol. The summed E-state index contributed by atoms with van der Waals surface area (Å²) in [5.41, 5.74) is 0.597. The van der Waals surface area contributed by atoms with Gasteiger partial charge in [-0.3, -0.25) is 0 Å². The van der Waals surface area contributed by atoms with Crippen LogP contribution in [0, 0.1) is 0 Å². The lowest BCUT2D eigenvalue weighted by Crippen LogP contribution is -1.91. The van der Waals surface area contributed by atoms with E-state index in [0.29, 0.717) is 10.6 Å². The molecule has 0 spiro atoms. The first kappa shape index (κ1) is 9.54. The molecular weight excluding hydrogens is 278 g/mol. The maximum atomic E-state index is 11.5. The molecule has 2 aromatic rings. The number of hydrogen-bond acceptors (Lipinski definition) is 3. The fourth-order valence-corrected chi connectivity index (χ4v) is 2.75. The summed E-state index contributed by atoms with van der Waals surface area (Å²) in [4.78, 5) is 11.5. The van der Waals surface area contributed by atoms with Crippen molar-refractivity contribution in [3.05, 3.63) is 33.1 Å². The van der Waals surface area contributed by atoms with Crippen molar-refractivity contribution in [2.24, 2.45) is 0 Å². The van der Waals surface area contributed by atoms with Gasteiger partial charge in [-0.15, -0.1) is 4.15 Å². The topological polar surface area (TPSA) is 35.1 Å². The highest BCUT2D eigenvalue weighted by atomic mass is 79.9. The first-order valence-electron chi connectivity index (χ1n) is 4.73. The summed E-state index contributed by atoms with van der Waals surface area (Å²) >= 11 is 4.94. The molecule has 0 radical (unpaired) electrons. The first-order chi connectivity index (χ1) is 7.24. The summed E-state index contributed by atoms with van der Waals surface area (Å²) in [6.07, 6.45) is 2.43. The Kier molecular flexibility index (Phi) is 2.17. The van der Waals surface area contributed by atoms with E-state index in [9.17, 15) is 4.79 Å². The molecule has 1 aromatic carbocycles. The minimum atomic E-state index is -0.264. The zero-order valence-corrected chi connectivity index (χ0v) is 10.2. The van der Waals surface area contributed by atoms with Crippen LogP contribution in [-0.4, -0.2) is 9.40 Å². The Morgan fingerprint density at radius 2 is 2.27 bits per heavy atom. The second kappa shape index (κ2) is 3.42. The smallest absolute Gasteiger partial charge is 0.324 e. The zero-order chi connectivity index (χ0) is 10.4. The average Bonchev–Trinajstić information content (AvgIpc) is 2.95. The van der Waals surface area contributed by atoms with Crippen LogP contribution in [0.1, 0.15) is 12.8 Å². The zero-order valence-electron chi connectivity index (χ0n) is 7.77. The lowest BCUT2D eigenvalue weighted by Gasteiger charge is -1.98. The van der Waals surface area contributed by atoms with E-state index in [1.807, 2.05) is 12.1 Å². The molecule has 3 nitrogen and oxygen atoms in total. The normalized spacial score (nSPS) is 16.1. The summed E-state index contributed by atoms with van der Waals surface area (Å²) in [6.45, 7) is 0. The molecule has 3 rings (SSSR count). The van der Waals surface area contributed by atoms with Crippen LogP contribution in [0.4, 0.5) is 0 Å². The van der Waals surface area contributed by atoms with Crippen LogP contribution in [0.3, 0.4) is 0 Å². The van der Waals surface area contributed by atoms with Crippen LogP contribution in [0.25, 0.3) is 10.9 Å². The van der Waals surface area contributed by atoms with Crippen LogP contribution in [-0.2, 0) is 0 Å². The maximum absolute atomic E-state index is 11.5. The van der Waals surface area contributed by atoms with E-state index in [1.165, 1.54) is 12.8 Å². The predicted molar refractivity (Wildman–Crippen MR) is 64.2 cm³/mol. The SMILES string of the molecule is O=c1on(SC2CC2)c2ccc(Br)cc12. The highest BCUT2D eigenvalue weighted by molar-refractivity contribution is 9.10. The molecule has 1 aliphatic rings. The fraction of sp³-hybridized carbons (Fsp3) is 0.300. The van der Waals surface area contributed by atoms with Gasteiger partial charge >= 0.3 is 5.63 Å². The lowest BCUT2D eigenvalue weighted by molar-refractivity contribution is 0.371. The van der Waals surface area contributed by atoms with E-state index in [1.54, 1.807) is 22.2 Å². The van der Waals surface area contributed by atoms with E-state index in [-0.39, 0.29) is 5.63 Å². The Hall–Kier alpha value is -0.680. The van der Waals surface area contributed by atoms with E-state index in [0.717, 1.165) is 9.99 Å². The van der Waals surface area contributed by atoms with E-state index in [2.05, 4.69) is 15.9 Å². The standard InChI is InChI=1S/C10H8BrNO2S/c11-6-1-4-9-8(5-6)10(13)14-12(9)15-7-2-3-7/h1,4-5,7H,2-3H2. The Bertz CT molecular complexity index is 570. The highest BCUT2D eigenvalue weighted by Crippen LogP contribution is 2.36. The third-order valence-electron chi connectivity index (χ3n) is 2.31. The molecule has 1 heterocycles. The molecule has 1 aromatic heterocycles. The molecule has 1 fully saturated rings. The van der Waals surface area contributed by atoms with Crippen LogP contribution in [0.2, 0.25) is 0 Å². The van der Waals surface area contributed by atoms with E-state index in [4.69, 9.17) is 4.52 Å². The third-order valence-corrected chi connectivity index (χ3v) is 4.04. The van der Waals surface area contributed by atoms with Gasteiger partial charge in [0.2, 0.25) is 0 Å². The van der Waals surface area contributed by atoms with Crippen LogP contribution >= 0.6 is 27.9 Å². The van der Waals surface area contributed by atoms with E-state index < -0.39 is 0 Å². The molecule has 0 aliphatic heterocycles. The predicted octanol–water partition coefficient (Wildman–Crippen LogP) is 3.02. The van der Waals surface area contributed by atoms with Crippen molar-refractivity contribution in [2.45, 2.75) is 18.1 Å². The first-order valence-corrected chi connectivity index (χ1v) is 6.36. The number of rotatable bonds is 2. The van der Waals surface area contributed by atoms with Crippen molar-refractivity contribution < 1.29 is 4.52 Å². The minimum Gasteiger partial charge on any atom is -0.324 e. The van der Waals surface area contributed by atoms with Gasteiger partial charge < -0.3 is 4.52 Å². The van der Waals surface area contributed by atoms with Gasteiger partial charge in [-0.25, -0.2) is 4.79 Å². The van der Waals surface area contributed by atoms with Crippen LogP contribution < -0.4 is 5.63 Å². The molecule has 0 atom stereocenters. The number of fused-ring (bicyclic) bond motifs is 1. The summed E-state index contributed by atoms with van der Waals surface area (Å²) in [5.74, 6) is 0. The van der Waals surface area contributed by atoms with Crippen molar-refractivity contribution >= 4 is 38.8 Å². The lowest BCUT2D eigenvalue weighted by atomic mass is 10.3. The number of hydrogen-bond donors (Lipinski definition) is 0. The van der Waals surface area contributed by atoms with Crippen LogP contribution in [0.15, 0.2) is 32.0 Å². The second-order valence-corrected chi connectivity index (χ2v) is 5.73. The summed E-state index contributed by atoms with van der Waals surface area (Å²) in [6, 6.07) is 5.62. The molecule has 0 N–H and O–H groups in total. The number of halogens is 1. The average molecular weight is 286 g/mol. The molecule has 0 saturated heterocycles. The minimum absolute atomic E-state index is 0.264. The molecule has 15 heavy (non-hydrogen) atoms. The van der Waals surface area contributed by atoms with Crippen molar-refractivity contribution in [2.75, 3.05) is 0 Å². The molecule has 0 bridgehead atoms. The van der Waals surface area contributed by atoms with Gasteiger partial charge in [0.15, 0.2) is 0 Å². The van der Waals surface area contributed by atoms with E-state index >= 15 is 0 Å². The number of aromatic nitrogens is 1. The van der Waals surface area contributed by atoms with Gasteiger partial charge in [-0.1, -0.05) is 15.9 Å². The molecule has 0 unspecified atom stereocenters. The highest BCUT2D eigenvalue weighted by Gasteiger charge is 2.25. The Labute approximate surface area is 98.7 Å². The summed E-state index contributed by atoms with van der Waals surface area (Å²) < 4.78 is 7.71. The van der Waals surface area contributed by atoms with Gasteiger partial charge in [0.25, 0.3) is 0 Å². The fourth-order valence-electron chi connectivity index (χ4n) is 1.39. The Balaban J connectivity index is 2.17.